The van der Waals surface area contributed by atoms with Crippen LogP contribution in [0.2, 0.25) is 0 Å². The van der Waals surface area contributed by atoms with Crippen LogP contribution >= 0.6 is 0 Å². The number of carbonyl (C=O) groups is 2. The molecule has 0 spiro atoms. The zero-order valence-corrected chi connectivity index (χ0v) is 15.4. The zero-order valence-electron chi connectivity index (χ0n) is 15.4. The second-order valence-corrected chi connectivity index (χ2v) is 6.81. The summed E-state index contributed by atoms with van der Waals surface area (Å²) in [6, 6.07) is 0. The lowest BCUT2D eigenvalue weighted by molar-refractivity contribution is 0.138. The Hall–Kier alpha value is -1.46. The van der Waals surface area contributed by atoms with Crippen molar-refractivity contribution >= 4 is 12.2 Å². The molecule has 1 unspecified atom stereocenters. The number of carbonyl (C=O) groups excluding carboxylic acids is 2. The largest absolute Gasteiger partial charge is 0.450 e. The van der Waals surface area contributed by atoms with Gasteiger partial charge in [-0.3, -0.25) is 0 Å². The molecule has 0 heterocycles. The number of amides is 2. The van der Waals surface area contributed by atoms with Crippen molar-refractivity contribution in [1.29, 1.82) is 0 Å². The molecule has 23 heavy (non-hydrogen) atoms. The minimum absolute atomic E-state index is 0.0205. The van der Waals surface area contributed by atoms with Gasteiger partial charge in [-0.1, -0.05) is 34.6 Å². The monoisotopic (exact) mass is 330 g/mol. The van der Waals surface area contributed by atoms with E-state index in [9.17, 15) is 9.59 Å². The van der Waals surface area contributed by atoms with E-state index in [2.05, 4.69) is 31.4 Å². The van der Waals surface area contributed by atoms with Crippen molar-refractivity contribution in [2.45, 2.75) is 60.3 Å². The minimum Gasteiger partial charge on any atom is -0.450 e. The average molecular weight is 330 g/mol. The molecule has 0 aromatic carbocycles. The van der Waals surface area contributed by atoms with Gasteiger partial charge in [-0.25, -0.2) is 9.59 Å². The molecule has 0 bridgehead atoms. The molecular formula is C17H34N2O4. The van der Waals surface area contributed by atoms with Gasteiger partial charge in [0.1, 0.15) is 0 Å². The Labute approximate surface area is 140 Å². The highest BCUT2D eigenvalue weighted by Crippen LogP contribution is 2.26. The predicted octanol–water partition coefficient (Wildman–Crippen LogP) is 3.70. The van der Waals surface area contributed by atoms with Crippen LogP contribution in [0.1, 0.15) is 60.3 Å². The van der Waals surface area contributed by atoms with E-state index in [-0.39, 0.29) is 17.6 Å². The summed E-state index contributed by atoms with van der Waals surface area (Å²) in [6.07, 6.45) is 2.77. The Morgan fingerprint density at radius 2 is 1.52 bits per heavy atom. The molecular weight excluding hydrogens is 296 g/mol. The molecule has 0 rings (SSSR count). The van der Waals surface area contributed by atoms with Crippen LogP contribution < -0.4 is 10.6 Å². The first-order valence-electron chi connectivity index (χ1n) is 8.62. The van der Waals surface area contributed by atoms with Gasteiger partial charge in [0.15, 0.2) is 0 Å². The topological polar surface area (TPSA) is 76.7 Å². The number of hydrogen-bond acceptors (Lipinski definition) is 4. The Bertz CT molecular complexity index is 345. The Morgan fingerprint density at radius 1 is 1.00 bits per heavy atom. The van der Waals surface area contributed by atoms with Crippen LogP contribution in [-0.4, -0.2) is 38.5 Å². The van der Waals surface area contributed by atoms with E-state index >= 15 is 0 Å². The van der Waals surface area contributed by atoms with Crippen LogP contribution in [0.15, 0.2) is 0 Å². The molecule has 0 aliphatic heterocycles. The second-order valence-electron chi connectivity index (χ2n) is 6.81. The number of hydrogen-bond donors (Lipinski definition) is 2. The van der Waals surface area contributed by atoms with Gasteiger partial charge >= 0.3 is 12.2 Å². The van der Waals surface area contributed by atoms with Crippen molar-refractivity contribution < 1.29 is 19.1 Å². The lowest BCUT2D eigenvalue weighted by Crippen LogP contribution is -2.36. The fourth-order valence-corrected chi connectivity index (χ4v) is 2.34. The molecule has 136 valence electrons. The maximum Gasteiger partial charge on any atom is 0.407 e. The fraction of sp³-hybridized carbons (Fsp3) is 0.882. The summed E-state index contributed by atoms with van der Waals surface area (Å²) in [5.74, 6) is 0.435. The Morgan fingerprint density at radius 3 is 2.04 bits per heavy atom. The molecule has 0 radical (unpaired) electrons. The maximum absolute atomic E-state index is 11.5. The van der Waals surface area contributed by atoms with Crippen molar-refractivity contribution in [3.8, 4) is 0 Å². The lowest BCUT2D eigenvalue weighted by atomic mass is 9.82. The van der Waals surface area contributed by atoms with Gasteiger partial charge in [-0.05, 0) is 37.0 Å². The highest BCUT2D eigenvalue weighted by molar-refractivity contribution is 5.67. The minimum atomic E-state index is -0.354. The molecule has 2 amide bonds. The smallest absolute Gasteiger partial charge is 0.407 e. The zero-order chi connectivity index (χ0) is 17.7. The summed E-state index contributed by atoms with van der Waals surface area (Å²) >= 11 is 0. The summed E-state index contributed by atoms with van der Waals surface area (Å²) in [7, 11) is 0. The molecule has 0 aromatic heterocycles. The Balaban J connectivity index is 3.90. The third-order valence-corrected chi connectivity index (χ3v) is 3.39. The van der Waals surface area contributed by atoms with Gasteiger partial charge in [0, 0.05) is 13.1 Å². The van der Waals surface area contributed by atoms with Crippen molar-refractivity contribution in [1.82, 2.24) is 10.6 Å². The van der Waals surface area contributed by atoms with E-state index in [4.69, 9.17) is 9.47 Å². The normalized spacial score (nSPS) is 12.4. The lowest BCUT2D eigenvalue weighted by Gasteiger charge is -2.28. The number of alkyl carbamates (subject to hydrolysis) is 2. The van der Waals surface area contributed by atoms with Gasteiger partial charge in [0.05, 0.1) is 13.2 Å². The van der Waals surface area contributed by atoms with E-state index < -0.39 is 0 Å². The van der Waals surface area contributed by atoms with Gasteiger partial charge < -0.3 is 20.1 Å². The van der Waals surface area contributed by atoms with Gasteiger partial charge in [-0.15, -0.1) is 0 Å². The standard InChI is InChI=1S/C17H34N2O4/c1-6-10-22-15(20)18-9-8-14(3)12-17(4,5)13-19-16(21)23-11-7-2/h14H,6-13H2,1-5H3,(H,18,20)(H,19,21). The summed E-state index contributed by atoms with van der Waals surface area (Å²) in [5, 5.41) is 5.57. The molecule has 0 saturated carbocycles. The molecule has 0 aromatic rings. The van der Waals surface area contributed by atoms with E-state index in [1.807, 2.05) is 13.8 Å². The van der Waals surface area contributed by atoms with E-state index in [1.54, 1.807) is 0 Å². The first-order valence-corrected chi connectivity index (χ1v) is 8.62. The molecule has 6 heteroatoms. The molecule has 0 aliphatic rings. The molecule has 6 nitrogen and oxygen atoms in total. The third-order valence-electron chi connectivity index (χ3n) is 3.39. The number of ether oxygens (including phenoxy) is 2. The highest BCUT2D eigenvalue weighted by Gasteiger charge is 2.22. The van der Waals surface area contributed by atoms with Crippen LogP contribution in [0.3, 0.4) is 0 Å². The summed E-state index contributed by atoms with van der Waals surface area (Å²) in [4.78, 5) is 22.8. The van der Waals surface area contributed by atoms with Crippen molar-refractivity contribution in [2.24, 2.45) is 11.3 Å². The third kappa shape index (κ3) is 12.7. The van der Waals surface area contributed by atoms with Crippen molar-refractivity contribution in [3.63, 3.8) is 0 Å². The summed E-state index contributed by atoms with van der Waals surface area (Å²) in [6.45, 7) is 12.4. The maximum atomic E-state index is 11.5. The van der Waals surface area contributed by atoms with E-state index in [1.165, 1.54) is 0 Å². The highest BCUT2D eigenvalue weighted by atomic mass is 16.6. The summed E-state index contributed by atoms with van der Waals surface area (Å²) in [5.41, 5.74) is -0.0205. The quantitative estimate of drug-likeness (QED) is 0.605. The first kappa shape index (κ1) is 21.5. The van der Waals surface area contributed by atoms with Crippen LogP contribution in [0.5, 0.6) is 0 Å². The second kappa shape index (κ2) is 12.0. The number of nitrogens with one attached hydrogen (secondary N) is 2. The van der Waals surface area contributed by atoms with Gasteiger partial charge in [0.25, 0.3) is 0 Å². The Kier molecular flexibility index (Phi) is 11.3. The molecule has 0 aliphatic carbocycles. The molecule has 0 saturated heterocycles. The van der Waals surface area contributed by atoms with Crippen LogP contribution in [0, 0.1) is 11.3 Å². The van der Waals surface area contributed by atoms with Gasteiger partial charge in [-0.2, -0.15) is 0 Å². The fourth-order valence-electron chi connectivity index (χ4n) is 2.34. The van der Waals surface area contributed by atoms with Crippen LogP contribution in [-0.2, 0) is 9.47 Å². The molecule has 1 atom stereocenters. The SMILES string of the molecule is CCCOC(=O)NCCC(C)CC(C)(C)CNC(=O)OCCC. The van der Waals surface area contributed by atoms with Crippen molar-refractivity contribution in [3.05, 3.63) is 0 Å². The predicted molar refractivity (Wildman–Crippen MR) is 91.5 cm³/mol. The molecule has 2 N–H and O–H groups in total. The first-order chi connectivity index (χ1) is 10.8. The van der Waals surface area contributed by atoms with Crippen molar-refractivity contribution in [2.75, 3.05) is 26.3 Å². The molecule has 0 fully saturated rings. The van der Waals surface area contributed by atoms with Crippen LogP contribution in [0.4, 0.5) is 9.59 Å². The van der Waals surface area contributed by atoms with Crippen LogP contribution in [0.25, 0.3) is 0 Å². The van der Waals surface area contributed by atoms with E-state index in [0.29, 0.717) is 32.2 Å². The average Bonchev–Trinajstić information content (AvgIpc) is 2.48. The summed E-state index contributed by atoms with van der Waals surface area (Å²) < 4.78 is 9.96. The van der Waals surface area contributed by atoms with Gasteiger partial charge in [0.2, 0.25) is 0 Å². The number of rotatable bonds is 11. The van der Waals surface area contributed by atoms with E-state index in [0.717, 1.165) is 25.7 Å².